The van der Waals surface area contributed by atoms with Crippen molar-refractivity contribution in [2.75, 3.05) is 13.4 Å². The molecule has 2 aromatic carbocycles. The number of esters is 1. The van der Waals surface area contributed by atoms with Crippen LogP contribution < -0.4 is 14.9 Å². The maximum absolute atomic E-state index is 13.2. The van der Waals surface area contributed by atoms with Crippen LogP contribution >= 0.6 is 0 Å². The molecule has 0 fully saturated rings. The van der Waals surface area contributed by atoms with Crippen LogP contribution in [0.5, 0.6) is 11.5 Å². The molecule has 1 aliphatic rings. The Balaban J connectivity index is 2.12. The van der Waals surface area contributed by atoms with Crippen LogP contribution in [0.4, 0.5) is 0 Å². The minimum Gasteiger partial charge on any atom is -0.462 e. The van der Waals surface area contributed by atoms with Crippen LogP contribution in [0.15, 0.2) is 47.3 Å². The summed E-state index contributed by atoms with van der Waals surface area (Å²) in [5, 5.41) is 0.388. The van der Waals surface area contributed by atoms with Crippen LogP contribution in [0.1, 0.15) is 17.3 Å². The van der Waals surface area contributed by atoms with Crippen molar-refractivity contribution in [3.8, 4) is 22.8 Å². The monoisotopic (exact) mass is 351 g/mol. The van der Waals surface area contributed by atoms with E-state index in [1.54, 1.807) is 19.1 Å². The average Bonchev–Trinajstić information content (AvgIpc) is 3.11. The van der Waals surface area contributed by atoms with Crippen molar-refractivity contribution in [1.82, 2.24) is 4.57 Å². The van der Waals surface area contributed by atoms with Crippen LogP contribution in [0.2, 0.25) is 0 Å². The van der Waals surface area contributed by atoms with E-state index >= 15 is 0 Å². The zero-order valence-electron chi connectivity index (χ0n) is 14.4. The molecule has 1 aromatic heterocycles. The first kappa shape index (κ1) is 16.2. The normalized spacial score (nSPS) is 12.4. The van der Waals surface area contributed by atoms with Gasteiger partial charge in [-0.2, -0.15) is 0 Å². The molecule has 0 atom stereocenters. The summed E-state index contributed by atoms with van der Waals surface area (Å²) in [7, 11) is 1.81. The molecule has 4 rings (SSSR count). The van der Waals surface area contributed by atoms with Crippen molar-refractivity contribution < 1.29 is 19.0 Å². The van der Waals surface area contributed by atoms with Gasteiger partial charge in [0, 0.05) is 13.1 Å². The van der Waals surface area contributed by atoms with Crippen molar-refractivity contribution in [3.63, 3.8) is 0 Å². The highest BCUT2D eigenvalue weighted by Crippen LogP contribution is 2.36. The highest BCUT2D eigenvalue weighted by atomic mass is 16.7. The molecule has 3 aromatic rings. The number of aryl methyl sites for hydroxylation is 1. The van der Waals surface area contributed by atoms with Gasteiger partial charge in [0.1, 0.15) is 5.56 Å². The Morgan fingerprint density at radius 1 is 1.15 bits per heavy atom. The molecule has 0 spiro atoms. The van der Waals surface area contributed by atoms with Crippen LogP contribution in [-0.2, 0) is 11.8 Å². The molecule has 0 radical (unpaired) electrons. The number of benzene rings is 2. The van der Waals surface area contributed by atoms with Gasteiger partial charge < -0.3 is 18.8 Å². The molecular weight excluding hydrogens is 334 g/mol. The molecule has 132 valence electrons. The lowest BCUT2D eigenvalue weighted by atomic mass is 10.0. The number of fused-ring (bicyclic) bond motifs is 2. The van der Waals surface area contributed by atoms with Crippen molar-refractivity contribution in [2.24, 2.45) is 7.05 Å². The Kier molecular flexibility index (Phi) is 3.88. The second-order valence-corrected chi connectivity index (χ2v) is 5.92. The summed E-state index contributed by atoms with van der Waals surface area (Å²) in [5.41, 5.74) is 1.57. The summed E-state index contributed by atoms with van der Waals surface area (Å²) in [6.45, 7) is 2.01. The van der Waals surface area contributed by atoms with Crippen molar-refractivity contribution >= 4 is 16.9 Å². The predicted octanol–water partition coefficient (Wildman–Crippen LogP) is 3.11. The Labute approximate surface area is 149 Å². The van der Waals surface area contributed by atoms with E-state index in [2.05, 4.69) is 0 Å². The predicted molar refractivity (Wildman–Crippen MR) is 96.7 cm³/mol. The molecule has 0 amide bonds. The SMILES string of the molecule is CCOC(=O)c1c(-c2ccccc2)n(C)c2cc3c(cc2c1=O)OCO3. The average molecular weight is 351 g/mol. The third kappa shape index (κ3) is 2.42. The molecule has 1 aliphatic heterocycles. The summed E-state index contributed by atoms with van der Waals surface area (Å²) in [4.78, 5) is 25.8. The fourth-order valence-electron chi connectivity index (χ4n) is 3.25. The third-order valence-electron chi connectivity index (χ3n) is 4.42. The standard InChI is InChI=1S/C20H17NO5/c1-3-24-20(23)17-18(12-7-5-4-6-8-12)21(2)14-10-16-15(25-11-26-16)9-13(14)19(17)22/h4-10H,3,11H2,1-2H3. The maximum atomic E-state index is 13.2. The van der Waals surface area contributed by atoms with Crippen molar-refractivity contribution in [2.45, 2.75) is 6.92 Å². The van der Waals surface area contributed by atoms with Crippen LogP contribution in [0.25, 0.3) is 22.2 Å². The molecule has 2 heterocycles. The topological polar surface area (TPSA) is 66.8 Å². The van der Waals surface area contributed by atoms with E-state index in [1.165, 1.54) is 0 Å². The van der Waals surface area contributed by atoms with E-state index in [0.29, 0.717) is 28.1 Å². The highest BCUT2D eigenvalue weighted by Gasteiger charge is 2.25. The number of hydrogen-bond donors (Lipinski definition) is 0. The molecular formula is C20H17NO5. The Morgan fingerprint density at radius 3 is 2.54 bits per heavy atom. The van der Waals surface area contributed by atoms with E-state index in [1.807, 2.05) is 41.9 Å². The minimum absolute atomic E-state index is 0.0203. The minimum atomic E-state index is -0.633. The number of rotatable bonds is 3. The van der Waals surface area contributed by atoms with Crippen LogP contribution in [0, 0.1) is 0 Å². The molecule has 0 N–H and O–H groups in total. The molecule has 0 aliphatic carbocycles. The molecule has 6 nitrogen and oxygen atoms in total. The lowest BCUT2D eigenvalue weighted by Crippen LogP contribution is -2.23. The molecule has 0 unspecified atom stereocenters. The molecule has 6 heteroatoms. The highest BCUT2D eigenvalue weighted by molar-refractivity contribution is 6.01. The smallest absolute Gasteiger partial charge is 0.344 e. The number of ether oxygens (including phenoxy) is 3. The largest absolute Gasteiger partial charge is 0.462 e. The van der Waals surface area contributed by atoms with E-state index in [4.69, 9.17) is 14.2 Å². The zero-order chi connectivity index (χ0) is 18.3. The quantitative estimate of drug-likeness (QED) is 0.678. The lowest BCUT2D eigenvalue weighted by Gasteiger charge is -2.17. The van der Waals surface area contributed by atoms with Crippen LogP contribution in [0.3, 0.4) is 0 Å². The van der Waals surface area contributed by atoms with E-state index < -0.39 is 5.97 Å². The van der Waals surface area contributed by atoms with Crippen molar-refractivity contribution in [3.05, 3.63) is 58.3 Å². The molecule has 0 saturated heterocycles. The van der Waals surface area contributed by atoms with Gasteiger partial charge in [-0.05, 0) is 18.6 Å². The van der Waals surface area contributed by atoms with Gasteiger partial charge in [0.15, 0.2) is 11.5 Å². The summed E-state index contributed by atoms with van der Waals surface area (Å²) in [6, 6.07) is 12.7. The summed E-state index contributed by atoms with van der Waals surface area (Å²) >= 11 is 0. The second kappa shape index (κ2) is 6.22. The maximum Gasteiger partial charge on any atom is 0.344 e. The van der Waals surface area contributed by atoms with Gasteiger partial charge in [-0.15, -0.1) is 0 Å². The van der Waals surface area contributed by atoms with E-state index in [-0.39, 0.29) is 24.4 Å². The summed E-state index contributed by atoms with van der Waals surface area (Å²) < 4.78 is 17.8. The fourth-order valence-corrected chi connectivity index (χ4v) is 3.25. The lowest BCUT2D eigenvalue weighted by molar-refractivity contribution is 0.0525. The molecule has 0 saturated carbocycles. The number of hydrogen-bond acceptors (Lipinski definition) is 5. The summed E-state index contributed by atoms with van der Waals surface area (Å²) in [6.07, 6.45) is 0. The second-order valence-electron chi connectivity index (χ2n) is 5.92. The third-order valence-corrected chi connectivity index (χ3v) is 4.42. The number of carbonyl (C=O) groups excluding carboxylic acids is 1. The Bertz CT molecular complexity index is 1070. The number of nitrogens with zero attached hydrogens (tertiary/aromatic N) is 1. The van der Waals surface area contributed by atoms with Gasteiger partial charge >= 0.3 is 5.97 Å². The first-order chi connectivity index (χ1) is 12.6. The van der Waals surface area contributed by atoms with Gasteiger partial charge in [0.25, 0.3) is 0 Å². The van der Waals surface area contributed by atoms with Crippen LogP contribution in [-0.4, -0.2) is 23.9 Å². The van der Waals surface area contributed by atoms with Gasteiger partial charge in [-0.25, -0.2) is 4.79 Å². The van der Waals surface area contributed by atoms with Gasteiger partial charge in [-0.1, -0.05) is 30.3 Å². The molecule has 0 bridgehead atoms. The van der Waals surface area contributed by atoms with Gasteiger partial charge in [-0.3, -0.25) is 4.79 Å². The first-order valence-electron chi connectivity index (χ1n) is 8.30. The van der Waals surface area contributed by atoms with E-state index in [0.717, 1.165) is 5.56 Å². The van der Waals surface area contributed by atoms with Gasteiger partial charge in [0.05, 0.1) is 23.2 Å². The van der Waals surface area contributed by atoms with Crippen molar-refractivity contribution in [1.29, 1.82) is 0 Å². The zero-order valence-corrected chi connectivity index (χ0v) is 14.4. The first-order valence-corrected chi connectivity index (χ1v) is 8.30. The molecule has 26 heavy (non-hydrogen) atoms. The number of aromatic nitrogens is 1. The summed E-state index contributed by atoms with van der Waals surface area (Å²) in [5.74, 6) is 0.443. The van der Waals surface area contributed by atoms with Gasteiger partial charge in [0.2, 0.25) is 12.2 Å². The number of carbonyl (C=O) groups is 1. The Morgan fingerprint density at radius 2 is 1.85 bits per heavy atom. The van der Waals surface area contributed by atoms with E-state index in [9.17, 15) is 9.59 Å². The number of pyridine rings is 1. The Hall–Kier alpha value is -3.28. The fraction of sp³-hybridized carbons (Fsp3) is 0.200.